The highest BCUT2D eigenvalue weighted by Gasteiger charge is 2.35. The molecule has 1 saturated carbocycles. The third kappa shape index (κ3) is 7.45. The Kier molecular flexibility index (Phi) is 8.57. The highest BCUT2D eigenvalue weighted by Crippen LogP contribution is 2.24. The molecule has 174 valence electrons. The summed E-state index contributed by atoms with van der Waals surface area (Å²) in [5.74, 6) is -2.32. The maximum Gasteiger partial charge on any atom is 0.408 e. The molecule has 0 aliphatic heterocycles. The number of ketones is 1. The number of hydrogen-bond donors (Lipinski definition) is 3. The molecule has 0 saturated heterocycles. The van der Waals surface area contributed by atoms with Crippen molar-refractivity contribution in [2.75, 3.05) is 0 Å². The average Bonchev–Trinajstić information content (AvgIpc) is 2.82. The first-order valence-electron chi connectivity index (χ1n) is 11.0. The molecule has 8 heteroatoms. The van der Waals surface area contributed by atoms with Gasteiger partial charge in [-0.15, -0.1) is 0 Å². The fourth-order valence-electron chi connectivity index (χ4n) is 3.94. The minimum atomic E-state index is -1.21. The standard InChI is InChI=1S/C25H28N2O6/c28-20-13-7-12-19(15-20)22(24(30)31)27-23(29)21(14-17-8-3-1-4-9-17)26-25(32)33-16-18-10-5-2-6-11-18/h1-6,8-11,19,21-22H,7,12-16H2,(H,26,32)(H,27,29)(H,30,31)/t19-,21+,22-/m1/s1. The van der Waals surface area contributed by atoms with E-state index >= 15 is 0 Å². The van der Waals surface area contributed by atoms with Gasteiger partial charge in [0.15, 0.2) is 0 Å². The van der Waals surface area contributed by atoms with Gasteiger partial charge in [0, 0.05) is 19.3 Å². The molecule has 2 aromatic rings. The average molecular weight is 453 g/mol. The van der Waals surface area contributed by atoms with E-state index < -0.39 is 36.0 Å². The molecule has 1 aliphatic rings. The minimum absolute atomic E-state index is 0.00445. The monoisotopic (exact) mass is 452 g/mol. The zero-order valence-electron chi connectivity index (χ0n) is 18.2. The number of hydrogen-bond acceptors (Lipinski definition) is 5. The highest BCUT2D eigenvalue weighted by molar-refractivity contribution is 5.90. The van der Waals surface area contributed by atoms with Gasteiger partial charge < -0.3 is 20.5 Å². The van der Waals surface area contributed by atoms with E-state index in [1.165, 1.54) is 0 Å². The largest absolute Gasteiger partial charge is 0.480 e. The molecule has 3 rings (SSSR count). The number of carboxylic acids is 1. The van der Waals surface area contributed by atoms with E-state index in [1.807, 2.05) is 60.7 Å². The SMILES string of the molecule is O=C1CCC[C@@H]([C@@H](NC(=O)[C@H](Cc2ccccc2)NC(=O)OCc2ccccc2)C(=O)O)C1. The van der Waals surface area contributed by atoms with Crippen LogP contribution in [-0.4, -0.2) is 40.9 Å². The second kappa shape index (κ2) is 11.8. The van der Waals surface area contributed by atoms with Crippen LogP contribution in [-0.2, 0) is 32.1 Å². The number of carbonyl (C=O) groups is 4. The Bertz CT molecular complexity index is 963. The van der Waals surface area contributed by atoms with Gasteiger partial charge in [0.1, 0.15) is 24.5 Å². The van der Waals surface area contributed by atoms with Gasteiger partial charge in [-0.05, 0) is 29.9 Å². The number of carboxylic acid groups (broad SMARTS) is 1. The smallest absolute Gasteiger partial charge is 0.408 e. The van der Waals surface area contributed by atoms with Gasteiger partial charge in [-0.1, -0.05) is 60.7 Å². The maximum atomic E-state index is 13.1. The summed E-state index contributed by atoms with van der Waals surface area (Å²) in [5.41, 5.74) is 1.59. The van der Waals surface area contributed by atoms with Crippen molar-refractivity contribution < 1.29 is 29.0 Å². The highest BCUT2D eigenvalue weighted by atomic mass is 16.5. The summed E-state index contributed by atoms with van der Waals surface area (Å²) in [6.45, 7) is 0.0360. The lowest BCUT2D eigenvalue weighted by Gasteiger charge is -2.29. The second-order valence-electron chi connectivity index (χ2n) is 8.17. The van der Waals surface area contributed by atoms with Crippen LogP contribution in [0.4, 0.5) is 4.79 Å². The van der Waals surface area contributed by atoms with Crippen LogP contribution < -0.4 is 10.6 Å². The van der Waals surface area contributed by atoms with Crippen molar-refractivity contribution in [2.45, 2.75) is 50.8 Å². The van der Waals surface area contributed by atoms with E-state index in [1.54, 1.807) is 0 Å². The van der Waals surface area contributed by atoms with Crippen molar-refractivity contribution in [2.24, 2.45) is 5.92 Å². The van der Waals surface area contributed by atoms with Gasteiger partial charge in [-0.3, -0.25) is 9.59 Å². The second-order valence-corrected chi connectivity index (χ2v) is 8.17. The van der Waals surface area contributed by atoms with Crippen LogP contribution in [0.5, 0.6) is 0 Å². The van der Waals surface area contributed by atoms with Crippen LogP contribution in [0.15, 0.2) is 60.7 Å². The van der Waals surface area contributed by atoms with Gasteiger partial charge in [-0.25, -0.2) is 9.59 Å². The van der Waals surface area contributed by atoms with Crippen LogP contribution in [0.2, 0.25) is 0 Å². The van der Waals surface area contributed by atoms with Gasteiger partial charge in [0.05, 0.1) is 0 Å². The number of ether oxygens (including phenoxy) is 1. The van der Waals surface area contributed by atoms with Gasteiger partial charge in [-0.2, -0.15) is 0 Å². The van der Waals surface area contributed by atoms with E-state index in [-0.39, 0.29) is 25.2 Å². The van der Waals surface area contributed by atoms with Crippen LogP contribution in [0, 0.1) is 5.92 Å². The Labute approximate surface area is 192 Å². The number of benzene rings is 2. The Morgan fingerprint density at radius 2 is 1.61 bits per heavy atom. The molecule has 0 unspecified atom stereocenters. The quantitative estimate of drug-likeness (QED) is 0.538. The molecule has 3 atom stereocenters. The Hall–Kier alpha value is -3.68. The molecule has 3 N–H and O–H groups in total. The first-order valence-corrected chi connectivity index (χ1v) is 11.0. The van der Waals surface area contributed by atoms with E-state index in [2.05, 4.69) is 10.6 Å². The first kappa shape index (κ1) is 24.0. The minimum Gasteiger partial charge on any atom is -0.480 e. The summed E-state index contributed by atoms with van der Waals surface area (Å²) in [7, 11) is 0. The summed E-state index contributed by atoms with van der Waals surface area (Å²) in [6.07, 6.45) is 1.06. The van der Waals surface area contributed by atoms with E-state index in [0.29, 0.717) is 19.3 Å². The molecule has 1 aliphatic carbocycles. The fourth-order valence-corrected chi connectivity index (χ4v) is 3.94. The number of nitrogens with one attached hydrogen (secondary N) is 2. The molecule has 1 fully saturated rings. The van der Waals surface area contributed by atoms with Crippen molar-refractivity contribution in [3.63, 3.8) is 0 Å². The molecule has 0 bridgehead atoms. The number of carbonyl (C=O) groups excluding carboxylic acids is 3. The van der Waals surface area contributed by atoms with Crippen LogP contribution in [0.1, 0.15) is 36.8 Å². The molecule has 0 radical (unpaired) electrons. The number of Topliss-reactive ketones (excluding diaryl/α,β-unsaturated/α-hetero) is 1. The fraction of sp³-hybridized carbons (Fsp3) is 0.360. The Morgan fingerprint density at radius 1 is 0.970 bits per heavy atom. The van der Waals surface area contributed by atoms with E-state index in [9.17, 15) is 24.3 Å². The summed E-state index contributed by atoms with van der Waals surface area (Å²) in [6, 6.07) is 15.9. The zero-order chi connectivity index (χ0) is 23.6. The summed E-state index contributed by atoms with van der Waals surface area (Å²) >= 11 is 0. The lowest BCUT2D eigenvalue weighted by molar-refractivity contribution is -0.144. The van der Waals surface area contributed by atoms with Gasteiger partial charge >= 0.3 is 12.1 Å². The summed E-state index contributed by atoms with van der Waals surface area (Å²) in [4.78, 5) is 49.2. The maximum absolute atomic E-state index is 13.1. The molecule has 2 amide bonds. The molecule has 0 heterocycles. The Balaban J connectivity index is 1.68. The zero-order valence-corrected chi connectivity index (χ0v) is 18.2. The number of amides is 2. The van der Waals surface area contributed by atoms with Crippen molar-refractivity contribution in [1.82, 2.24) is 10.6 Å². The lowest BCUT2D eigenvalue weighted by atomic mass is 9.83. The molecule has 0 aromatic heterocycles. The molecular weight excluding hydrogens is 424 g/mol. The number of rotatable bonds is 9. The number of alkyl carbamates (subject to hydrolysis) is 1. The predicted octanol–water partition coefficient (Wildman–Crippen LogP) is 2.85. The van der Waals surface area contributed by atoms with E-state index in [4.69, 9.17) is 4.74 Å². The van der Waals surface area contributed by atoms with E-state index in [0.717, 1.165) is 11.1 Å². The van der Waals surface area contributed by atoms with Crippen molar-refractivity contribution >= 4 is 23.8 Å². The first-order chi connectivity index (χ1) is 15.9. The van der Waals surface area contributed by atoms with Crippen LogP contribution in [0.25, 0.3) is 0 Å². The summed E-state index contributed by atoms with van der Waals surface area (Å²) < 4.78 is 5.24. The topological polar surface area (TPSA) is 122 Å². The molecule has 8 nitrogen and oxygen atoms in total. The van der Waals surface area contributed by atoms with Gasteiger partial charge in [0.2, 0.25) is 5.91 Å². The Morgan fingerprint density at radius 3 is 2.21 bits per heavy atom. The third-order valence-electron chi connectivity index (χ3n) is 5.66. The predicted molar refractivity (Wildman–Crippen MR) is 120 cm³/mol. The number of aliphatic carboxylic acids is 1. The van der Waals surface area contributed by atoms with Crippen molar-refractivity contribution in [3.05, 3.63) is 71.8 Å². The third-order valence-corrected chi connectivity index (χ3v) is 5.66. The lowest BCUT2D eigenvalue weighted by Crippen LogP contribution is -2.55. The molecular formula is C25H28N2O6. The normalized spacial score (nSPS) is 17.5. The molecule has 0 spiro atoms. The van der Waals surface area contributed by atoms with Crippen LogP contribution in [0.3, 0.4) is 0 Å². The molecule has 2 aromatic carbocycles. The van der Waals surface area contributed by atoms with Crippen molar-refractivity contribution in [1.29, 1.82) is 0 Å². The molecule has 33 heavy (non-hydrogen) atoms. The van der Waals surface area contributed by atoms with Gasteiger partial charge in [0.25, 0.3) is 0 Å². The van der Waals surface area contributed by atoms with Crippen molar-refractivity contribution in [3.8, 4) is 0 Å². The van der Waals surface area contributed by atoms with Crippen LogP contribution >= 0.6 is 0 Å². The summed E-state index contributed by atoms with van der Waals surface area (Å²) in [5, 5.41) is 14.8.